The number of rotatable bonds is 4. The summed E-state index contributed by atoms with van der Waals surface area (Å²) in [6.07, 6.45) is 2.13. The minimum Gasteiger partial charge on any atom is -0.508 e. The summed E-state index contributed by atoms with van der Waals surface area (Å²) < 4.78 is 1.86. The molecule has 0 amide bonds. The summed E-state index contributed by atoms with van der Waals surface area (Å²) in [6.45, 7) is 4.70. The molecule has 2 N–H and O–H groups in total. The zero-order valence-corrected chi connectivity index (χ0v) is 15.5. The van der Waals surface area contributed by atoms with Crippen LogP contribution in [0.25, 0.3) is 5.69 Å². The number of para-hydroxylation sites is 2. The van der Waals surface area contributed by atoms with E-state index in [0.717, 1.165) is 16.9 Å². The van der Waals surface area contributed by atoms with E-state index in [0.29, 0.717) is 18.5 Å². The van der Waals surface area contributed by atoms with Crippen LogP contribution in [0, 0.1) is 5.41 Å². The number of Topliss-reactive ketones (excluding diaryl/α,β-unsaturated/α-hetero) is 1. The van der Waals surface area contributed by atoms with Crippen LogP contribution in [0.1, 0.15) is 47.9 Å². The van der Waals surface area contributed by atoms with Crippen molar-refractivity contribution >= 4 is 5.78 Å². The molecular formula is C22H23N3O2. The number of phenolic OH excluding ortho intramolecular Hbond substituents is 1. The molecule has 3 aromatic rings. The Morgan fingerprint density at radius 3 is 2.59 bits per heavy atom. The van der Waals surface area contributed by atoms with E-state index < -0.39 is 0 Å². The molecule has 0 spiro atoms. The van der Waals surface area contributed by atoms with Gasteiger partial charge in [-0.05, 0) is 23.6 Å². The van der Waals surface area contributed by atoms with Gasteiger partial charge in [-0.25, -0.2) is 4.68 Å². The molecule has 1 aromatic heterocycles. The maximum Gasteiger partial charge on any atom is 0.167 e. The molecule has 0 saturated carbocycles. The number of aromatic nitrogens is 2. The van der Waals surface area contributed by atoms with Crippen LogP contribution in [0.5, 0.6) is 5.75 Å². The summed E-state index contributed by atoms with van der Waals surface area (Å²) in [7, 11) is 0. The van der Waals surface area contributed by atoms with E-state index in [9.17, 15) is 9.90 Å². The van der Waals surface area contributed by atoms with E-state index >= 15 is 0 Å². The fourth-order valence-electron chi connectivity index (χ4n) is 3.85. The van der Waals surface area contributed by atoms with E-state index in [4.69, 9.17) is 0 Å². The zero-order valence-electron chi connectivity index (χ0n) is 15.5. The first kappa shape index (κ1) is 17.5. The maximum atomic E-state index is 12.7. The topological polar surface area (TPSA) is 67.2 Å². The monoisotopic (exact) mass is 361 g/mol. The number of phenols is 1. The van der Waals surface area contributed by atoms with Crippen molar-refractivity contribution in [1.29, 1.82) is 0 Å². The largest absolute Gasteiger partial charge is 0.508 e. The van der Waals surface area contributed by atoms with E-state index in [1.54, 1.807) is 12.3 Å². The number of carbonyl (C=O) groups is 1. The first-order chi connectivity index (χ1) is 13.0. The number of aromatic hydroxyl groups is 1. The molecule has 5 heteroatoms. The number of fused-ring (bicyclic) bond motifs is 1. The number of ketones is 1. The molecule has 0 saturated heterocycles. The lowest BCUT2D eigenvalue weighted by molar-refractivity contribution is 0.0859. The van der Waals surface area contributed by atoms with Crippen molar-refractivity contribution in [2.45, 2.75) is 32.9 Å². The van der Waals surface area contributed by atoms with E-state index in [1.807, 2.05) is 53.2 Å². The summed E-state index contributed by atoms with van der Waals surface area (Å²) >= 11 is 0. The van der Waals surface area contributed by atoms with Crippen LogP contribution in [0.15, 0.2) is 60.8 Å². The molecule has 2 aromatic carbocycles. The molecule has 5 nitrogen and oxygen atoms in total. The van der Waals surface area contributed by atoms with Crippen molar-refractivity contribution in [3.05, 3.63) is 77.6 Å². The van der Waals surface area contributed by atoms with Crippen LogP contribution in [0.4, 0.5) is 0 Å². The Hall–Kier alpha value is -2.92. The second-order valence-electron chi connectivity index (χ2n) is 7.72. The highest BCUT2D eigenvalue weighted by Crippen LogP contribution is 2.44. The third-order valence-electron chi connectivity index (χ3n) is 5.27. The SMILES string of the molecule is CC1(C)CC(=O)c2cnn(-c3ccccc3)c2C1NCc1ccccc1O. The van der Waals surface area contributed by atoms with Gasteiger partial charge in [0.2, 0.25) is 0 Å². The van der Waals surface area contributed by atoms with Crippen LogP contribution in [0.3, 0.4) is 0 Å². The molecule has 1 unspecified atom stereocenters. The molecule has 138 valence electrons. The Bertz CT molecular complexity index is 976. The summed E-state index contributed by atoms with van der Waals surface area (Å²) in [6, 6.07) is 17.1. The van der Waals surface area contributed by atoms with Gasteiger partial charge in [-0.2, -0.15) is 5.10 Å². The third-order valence-corrected chi connectivity index (χ3v) is 5.27. The fraction of sp³-hybridized carbons (Fsp3) is 0.273. The Labute approximate surface area is 158 Å². The van der Waals surface area contributed by atoms with E-state index in [2.05, 4.69) is 24.3 Å². The highest BCUT2D eigenvalue weighted by Gasteiger charge is 2.42. The summed E-state index contributed by atoms with van der Waals surface area (Å²) in [5.41, 5.74) is 3.04. The first-order valence-electron chi connectivity index (χ1n) is 9.14. The van der Waals surface area contributed by atoms with E-state index in [-0.39, 0.29) is 23.0 Å². The molecule has 1 aliphatic rings. The Morgan fingerprint density at radius 1 is 1.15 bits per heavy atom. The first-order valence-corrected chi connectivity index (χ1v) is 9.14. The molecule has 0 radical (unpaired) electrons. The van der Waals surface area contributed by atoms with Gasteiger partial charge in [0.15, 0.2) is 5.78 Å². The lowest BCUT2D eigenvalue weighted by atomic mass is 9.72. The van der Waals surface area contributed by atoms with Gasteiger partial charge >= 0.3 is 0 Å². The smallest absolute Gasteiger partial charge is 0.167 e. The third kappa shape index (κ3) is 3.15. The van der Waals surface area contributed by atoms with Gasteiger partial charge in [0.1, 0.15) is 5.75 Å². The molecule has 1 heterocycles. The second kappa shape index (κ2) is 6.67. The molecule has 1 aliphatic carbocycles. The zero-order chi connectivity index (χ0) is 19.0. The molecule has 0 aliphatic heterocycles. The Kier molecular flexibility index (Phi) is 4.32. The molecule has 1 atom stereocenters. The number of nitrogens with one attached hydrogen (secondary N) is 1. The maximum absolute atomic E-state index is 12.7. The molecule has 0 bridgehead atoms. The lowest BCUT2D eigenvalue weighted by Crippen LogP contribution is -2.41. The van der Waals surface area contributed by atoms with Gasteiger partial charge in [-0.3, -0.25) is 4.79 Å². The number of nitrogens with zero attached hydrogens (tertiary/aromatic N) is 2. The van der Waals surface area contributed by atoms with Gasteiger partial charge in [0.25, 0.3) is 0 Å². The lowest BCUT2D eigenvalue weighted by Gasteiger charge is -2.39. The van der Waals surface area contributed by atoms with Gasteiger partial charge in [-0.1, -0.05) is 50.2 Å². The fourth-order valence-corrected chi connectivity index (χ4v) is 3.85. The van der Waals surface area contributed by atoms with Crippen LogP contribution >= 0.6 is 0 Å². The molecule has 0 fully saturated rings. The molecule has 27 heavy (non-hydrogen) atoms. The van der Waals surface area contributed by atoms with Crippen molar-refractivity contribution in [2.24, 2.45) is 5.41 Å². The minimum atomic E-state index is -0.277. The van der Waals surface area contributed by atoms with Gasteiger partial charge in [0.05, 0.1) is 29.2 Å². The second-order valence-corrected chi connectivity index (χ2v) is 7.72. The van der Waals surface area contributed by atoms with Crippen molar-refractivity contribution in [2.75, 3.05) is 0 Å². The van der Waals surface area contributed by atoms with Crippen LogP contribution in [0.2, 0.25) is 0 Å². The summed E-state index contributed by atoms with van der Waals surface area (Å²) in [4.78, 5) is 12.7. The van der Waals surface area contributed by atoms with Gasteiger partial charge in [-0.15, -0.1) is 0 Å². The Morgan fingerprint density at radius 2 is 1.85 bits per heavy atom. The summed E-state index contributed by atoms with van der Waals surface area (Å²) in [5.74, 6) is 0.393. The highest BCUT2D eigenvalue weighted by atomic mass is 16.3. The summed E-state index contributed by atoms with van der Waals surface area (Å²) in [5, 5.41) is 18.2. The normalized spacial score (nSPS) is 18.3. The quantitative estimate of drug-likeness (QED) is 0.736. The van der Waals surface area contributed by atoms with E-state index in [1.165, 1.54) is 0 Å². The van der Waals surface area contributed by atoms with Gasteiger partial charge < -0.3 is 10.4 Å². The minimum absolute atomic E-state index is 0.0764. The number of hydrogen-bond acceptors (Lipinski definition) is 4. The van der Waals surface area contributed by atoms with Crippen molar-refractivity contribution in [3.8, 4) is 11.4 Å². The van der Waals surface area contributed by atoms with Crippen molar-refractivity contribution < 1.29 is 9.90 Å². The number of hydrogen-bond donors (Lipinski definition) is 2. The molecular weight excluding hydrogens is 338 g/mol. The van der Waals surface area contributed by atoms with Crippen molar-refractivity contribution in [1.82, 2.24) is 15.1 Å². The van der Waals surface area contributed by atoms with Crippen molar-refractivity contribution in [3.63, 3.8) is 0 Å². The van der Waals surface area contributed by atoms with Crippen LogP contribution in [-0.2, 0) is 6.54 Å². The Balaban J connectivity index is 1.75. The van der Waals surface area contributed by atoms with Gasteiger partial charge in [0, 0.05) is 18.5 Å². The van der Waals surface area contributed by atoms with Crippen LogP contribution < -0.4 is 5.32 Å². The standard InChI is InChI=1S/C22H23N3O2/c1-22(2)12-19(27)17-14-24-25(16-9-4-3-5-10-16)20(17)21(22)23-13-15-8-6-7-11-18(15)26/h3-11,14,21,23,26H,12-13H2,1-2H3. The average Bonchev–Trinajstić information content (AvgIpc) is 3.08. The highest BCUT2D eigenvalue weighted by molar-refractivity contribution is 5.99. The predicted octanol–water partition coefficient (Wildman–Crippen LogP) is 4.02. The molecule has 4 rings (SSSR count). The number of benzene rings is 2. The number of carbonyl (C=O) groups excluding carboxylic acids is 1. The predicted molar refractivity (Wildman–Crippen MR) is 104 cm³/mol. The van der Waals surface area contributed by atoms with Crippen LogP contribution in [-0.4, -0.2) is 20.7 Å². The average molecular weight is 361 g/mol.